The van der Waals surface area contributed by atoms with Gasteiger partial charge in [-0.25, -0.2) is 17.5 Å². The largest absolute Gasteiger partial charge is 0.480 e. The van der Waals surface area contributed by atoms with Gasteiger partial charge in [-0.05, 0) is 12.5 Å². The number of urea groups is 1. The number of carboxylic acids is 1. The monoisotopic (exact) mass is 357 g/mol. The number of carboxylic acid groups (broad SMARTS) is 1. The van der Waals surface area contributed by atoms with Crippen LogP contribution in [-0.4, -0.2) is 53.6 Å². The number of carbonyl (C=O) groups is 2. The first-order valence-corrected chi connectivity index (χ1v) is 8.61. The van der Waals surface area contributed by atoms with Gasteiger partial charge in [0.25, 0.3) is 5.69 Å². The van der Waals surface area contributed by atoms with Crippen molar-refractivity contribution in [1.29, 1.82) is 0 Å². The van der Waals surface area contributed by atoms with Crippen molar-refractivity contribution in [2.75, 3.05) is 12.8 Å². The summed E-state index contributed by atoms with van der Waals surface area (Å²) in [7, 11) is -4.01. The highest BCUT2D eigenvalue weighted by molar-refractivity contribution is 7.88. The summed E-state index contributed by atoms with van der Waals surface area (Å²) in [5.41, 5.74) is -2.16. The maximum atomic E-state index is 12.0. The minimum atomic E-state index is -4.01. The van der Waals surface area contributed by atoms with Crippen molar-refractivity contribution >= 4 is 27.7 Å². The van der Waals surface area contributed by atoms with Crippen LogP contribution in [0.25, 0.3) is 0 Å². The molecule has 1 fully saturated rings. The summed E-state index contributed by atoms with van der Waals surface area (Å²) in [6.07, 6.45) is 0.780. The van der Waals surface area contributed by atoms with E-state index in [-0.39, 0.29) is 11.3 Å². The summed E-state index contributed by atoms with van der Waals surface area (Å²) < 4.78 is 24.0. The molecule has 2 unspecified atom stereocenters. The first-order valence-electron chi connectivity index (χ1n) is 6.76. The third-order valence-corrected chi connectivity index (χ3v) is 5.15. The highest BCUT2D eigenvalue weighted by Crippen LogP contribution is 2.35. The maximum Gasteiger partial charge on any atom is 0.331 e. The summed E-state index contributed by atoms with van der Waals surface area (Å²) in [6.45, 7) is 0.750. The summed E-state index contributed by atoms with van der Waals surface area (Å²) >= 11 is 0. The minimum absolute atomic E-state index is 0.0327. The fourth-order valence-electron chi connectivity index (χ4n) is 2.70. The fourth-order valence-corrected chi connectivity index (χ4v) is 3.49. The molecule has 0 radical (unpaired) electrons. The molecule has 2 atom stereocenters. The van der Waals surface area contributed by atoms with Crippen LogP contribution in [0, 0.1) is 10.1 Å². The predicted octanol–water partition coefficient (Wildman–Crippen LogP) is 0.291. The van der Waals surface area contributed by atoms with Crippen molar-refractivity contribution in [1.82, 2.24) is 9.62 Å². The fraction of sp³-hybridized carbons (Fsp3) is 0.385. The first-order chi connectivity index (χ1) is 11.0. The van der Waals surface area contributed by atoms with Crippen molar-refractivity contribution in [3.8, 4) is 0 Å². The van der Waals surface area contributed by atoms with Gasteiger partial charge < -0.3 is 10.4 Å². The van der Waals surface area contributed by atoms with E-state index in [1.807, 2.05) is 0 Å². The van der Waals surface area contributed by atoms with Gasteiger partial charge in [0.2, 0.25) is 10.0 Å². The van der Waals surface area contributed by atoms with Crippen LogP contribution in [-0.2, 0) is 20.2 Å². The molecule has 0 spiro atoms. The Morgan fingerprint density at radius 1 is 1.50 bits per heavy atom. The molecule has 1 aliphatic heterocycles. The van der Waals surface area contributed by atoms with Crippen LogP contribution in [0.3, 0.4) is 0 Å². The Hall–Kier alpha value is -2.69. The number of nitro benzene ring substituents is 1. The Morgan fingerprint density at radius 3 is 2.62 bits per heavy atom. The molecule has 1 aliphatic rings. The highest BCUT2D eigenvalue weighted by atomic mass is 32.2. The van der Waals surface area contributed by atoms with Gasteiger partial charge in [0, 0.05) is 18.2 Å². The third-order valence-electron chi connectivity index (χ3n) is 4.05. The lowest BCUT2D eigenvalue weighted by Crippen LogP contribution is -2.67. The lowest BCUT2D eigenvalue weighted by Gasteiger charge is -2.43. The van der Waals surface area contributed by atoms with Gasteiger partial charge in [-0.3, -0.25) is 14.9 Å². The van der Waals surface area contributed by atoms with E-state index in [0.717, 1.165) is 12.3 Å². The summed E-state index contributed by atoms with van der Waals surface area (Å²) in [5.74, 6) is -1.40. The molecule has 10 nitrogen and oxygen atoms in total. The molecule has 24 heavy (non-hydrogen) atoms. The van der Waals surface area contributed by atoms with E-state index in [1.165, 1.54) is 25.1 Å². The average Bonchev–Trinajstić information content (AvgIpc) is 2.46. The zero-order valence-corrected chi connectivity index (χ0v) is 13.6. The van der Waals surface area contributed by atoms with Gasteiger partial charge in [-0.1, -0.05) is 12.1 Å². The van der Waals surface area contributed by atoms with Crippen molar-refractivity contribution in [3.05, 3.63) is 39.9 Å². The van der Waals surface area contributed by atoms with Crippen LogP contribution < -0.4 is 5.32 Å². The van der Waals surface area contributed by atoms with E-state index in [4.69, 9.17) is 0 Å². The quantitative estimate of drug-likeness (QED) is 0.581. The van der Waals surface area contributed by atoms with E-state index in [0.29, 0.717) is 4.31 Å². The van der Waals surface area contributed by atoms with E-state index in [2.05, 4.69) is 5.32 Å². The Morgan fingerprint density at radius 2 is 2.12 bits per heavy atom. The number of aliphatic carboxylic acids is 1. The number of hydrogen-bond donors (Lipinski definition) is 2. The molecule has 2 N–H and O–H groups in total. The van der Waals surface area contributed by atoms with Gasteiger partial charge >= 0.3 is 12.0 Å². The number of rotatable bonds is 4. The molecule has 0 saturated carbocycles. The molecule has 1 heterocycles. The number of sulfonamides is 1. The Balaban J connectivity index is 2.66. The number of amides is 2. The van der Waals surface area contributed by atoms with Gasteiger partial charge in [-0.15, -0.1) is 0 Å². The van der Waals surface area contributed by atoms with Crippen LogP contribution >= 0.6 is 0 Å². The maximum absolute atomic E-state index is 12.0. The SMILES string of the molecule is CC1NC(=O)N(S(C)(=O)=O)CC1(C(=O)O)c1cccc([N+](=O)[O-])c1. The van der Waals surface area contributed by atoms with Crippen molar-refractivity contribution < 1.29 is 28.0 Å². The van der Waals surface area contributed by atoms with E-state index >= 15 is 0 Å². The first kappa shape index (κ1) is 17.7. The summed E-state index contributed by atoms with van der Waals surface area (Å²) in [4.78, 5) is 34.2. The average molecular weight is 357 g/mol. The number of benzene rings is 1. The number of nitro groups is 1. The van der Waals surface area contributed by atoms with Crippen LogP contribution in [0.5, 0.6) is 0 Å². The molecular weight excluding hydrogens is 342 g/mol. The summed E-state index contributed by atoms with van der Waals surface area (Å²) in [5, 5.41) is 23.0. The van der Waals surface area contributed by atoms with Crippen LogP contribution in [0.15, 0.2) is 24.3 Å². The number of non-ortho nitro benzene ring substituents is 1. The summed E-state index contributed by atoms with van der Waals surface area (Å²) in [6, 6.07) is 3.01. The van der Waals surface area contributed by atoms with E-state index in [9.17, 15) is 33.2 Å². The topological polar surface area (TPSA) is 147 Å². The molecule has 1 aromatic rings. The lowest BCUT2D eigenvalue weighted by atomic mass is 9.73. The zero-order chi connectivity index (χ0) is 18.3. The van der Waals surface area contributed by atoms with Crippen molar-refractivity contribution in [2.24, 2.45) is 0 Å². The van der Waals surface area contributed by atoms with E-state index in [1.54, 1.807) is 0 Å². The predicted molar refractivity (Wildman–Crippen MR) is 82.0 cm³/mol. The number of carbonyl (C=O) groups excluding carboxylic acids is 1. The highest BCUT2D eigenvalue weighted by Gasteiger charge is 2.53. The van der Waals surface area contributed by atoms with E-state index < -0.39 is 44.9 Å². The lowest BCUT2D eigenvalue weighted by molar-refractivity contribution is -0.385. The molecule has 0 aromatic heterocycles. The number of nitrogens with one attached hydrogen (secondary N) is 1. The molecule has 130 valence electrons. The second-order valence-electron chi connectivity index (χ2n) is 5.52. The molecule has 1 saturated heterocycles. The standard InChI is InChI=1S/C13H15N3O7S/c1-8-13(11(17)18,7-15(12(19)14-8)24(2,22)23)9-4-3-5-10(6-9)16(20)21/h3-6,8H,7H2,1-2H3,(H,14,19)(H,17,18). The molecule has 0 bridgehead atoms. The van der Waals surface area contributed by atoms with Crippen molar-refractivity contribution in [2.45, 2.75) is 18.4 Å². The normalized spacial score (nSPS) is 24.3. The van der Waals surface area contributed by atoms with Crippen molar-refractivity contribution in [3.63, 3.8) is 0 Å². The Bertz CT molecular complexity index is 823. The Labute approximate surface area is 137 Å². The molecule has 0 aliphatic carbocycles. The zero-order valence-electron chi connectivity index (χ0n) is 12.8. The second kappa shape index (κ2) is 5.74. The van der Waals surface area contributed by atoms with Gasteiger partial charge in [-0.2, -0.15) is 0 Å². The molecule has 2 rings (SSSR count). The molecule has 2 amide bonds. The van der Waals surface area contributed by atoms with Gasteiger partial charge in [0.15, 0.2) is 0 Å². The molecule has 1 aromatic carbocycles. The Kier molecular flexibility index (Phi) is 4.23. The number of hydrogen-bond acceptors (Lipinski definition) is 6. The number of nitrogens with zero attached hydrogens (tertiary/aromatic N) is 2. The van der Waals surface area contributed by atoms with Crippen LogP contribution in [0.1, 0.15) is 12.5 Å². The molecular formula is C13H15N3O7S. The van der Waals surface area contributed by atoms with Gasteiger partial charge in [0.05, 0.1) is 17.7 Å². The molecule has 11 heteroatoms. The van der Waals surface area contributed by atoms with Gasteiger partial charge in [0.1, 0.15) is 5.41 Å². The third kappa shape index (κ3) is 2.77. The van der Waals surface area contributed by atoms with Crippen LogP contribution in [0.4, 0.5) is 10.5 Å². The van der Waals surface area contributed by atoms with Crippen LogP contribution in [0.2, 0.25) is 0 Å². The smallest absolute Gasteiger partial charge is 0.331 e. The second-order valence-corrected chi connectivity index (χ2v) is 7.43. The minimum Gasteiger partial charge on any atom is -0.480 e.